The number of hydrogen-bond acceptors (Lipinski definition) is 3. The lowest BCUT2D eigenvalue weighted by molar-refractivity contribution is -0.142. The number of rotatable bonds is 4. The number of imide groups is 1. The normalized spacial score (nSPS) is 15.7. The third kappa shape index (κ3) is 1.88. The molecule has 1 unspecified atom stereocenters. The average molecular weight is 247 g/mol. The molecule has 1 aliphatic rings. The summed E-state index contributed by atoms with van der Waals surface area (Å²) >= 11 is 0. The minimum atomic E-state index is -0.992. The maximum absolute atomic E-state index is 12.0. The standard InChI is InChI=1S/C13H13NO4/c1-2-8(13(17)18)7-14-11(15)9-5-3-4-6-10(9)12(14)16/h3-6,8H,2,7H2,1H3,(H,17,18). The van der Waals surface area contributed by atoms with Crippen LogP contribution >= 0.6 is 0 Å². The van der Waals surface area contributed by atoms with Gasteiger partial charge in [-0.2, -0.15) is 0 Å². The predicted octanol–water partition coefficient (Wildman–Crippen LogP) is 1.39. The van der Waals surface area contributed by atoms with E-state index in [-0.39, 0.29) is 6.54 Å². The summed E-state index contributed by atoms with van der Waals surface area (Å²) in [5.74, 6) is -2.52. The molecule has 18 heavy (non-hydrogen) atoms. The van der Waals surface area contributed by atoms with Crippen molar-refractivity contribution in [2.45, 2.75) is 13.3 Å². The van der Waals surface area contributed by atoms with Gasteiger partial charge in [-0.1, -0.05) is 19.1 Å². The number of benzene rings is 1. The van der Waals surface area contributed by atoms with E-state index >= 15 is 0 Å². The van der Waals surface area contributed by atoms with E-state index in [0.717, 1.165) is 4.90 Å². The number of hydrogen-bond donors (Lipinski definition) is 1. The summed E-state index contributed by atoms with van der Waals surface area (Å²) in [5.41, 5.74) is 0.700. The van der Waals surface area contributed by atoms with Gasteiger partial charge in [-0.15, -0.1) is 0 Å². The third-order valence-electron chi connectivity index (χ3n) is 3.12. The third-order valence-corrected chi connectivity index (χ3v) is 3.12. The van der Waals surface area contributed by atoms with Crippen molar-refractivity contribution in [3.63, 3.8) is 0 Å². The summed E-state index contributed by atoms with van der Waals surface area (Å²) in [7, 11) is 0. The van der Waals surface area contributed by atoms with Crippen molar-refractivity contribution in [1.82, 2.24) is 4.90 Å². The highest BCUT2D eigenvalue weighted by molar-refractivity contribution is 6.21. The average Bonchev–Trinajstić information content (AvgIpc) is 2.60. The summed E-state index contributed by atoms with van der Waals surface area (Å²) in [4.78, 5) is 36.0. The largest absolute Gasteiger partial charge is 0.481 e. The van der Waals surface area contributed by atoms with Gasteiger partial charge in [0.25, 0.3) is 11.8 Å². The van der Waals surface area contributed by atoms with Gasteiger partial charge in [0.05, 0.1) is 17.0 Å². The van der Waals surface area contributed by atoms with E-state index in [4.69, 9.17) is 5.11 Å². The Hall–Kier alpha value is -2.17. The van der Waals surface area contributed by atoms with Crippen LogP contribution < -0.4 is 0 Å². The van der Waals surface area contributed by atoms with Crippen LogP contribution in [0.1, 0.15) is 34.1 Å². The van der Waals surface area contributed by atoms with Crippen molar-refractivity contribution in [3.8, 4) is 0 Å². The van der Waals surface area contributed by atoms with E-state index in [1.807, 2.05) is 0 Å². The molecule has 1 aromatic carbocycles. The molecule has 1 aliphatic heterocycles. The van der Waals surface area contributed by atoms with E-state index in [9.17, 15) is 14.4 Å². The zero-order chi connectivity index (χ0) is 13.3. The lowest BCUT2D eigenvalue weighted by atomic mass is 10.1. The summed E-state index contributed by atoms with van der Waals surface area (Å²) < 4.78 is 0. The SMILES string of the molecule is CCC(CN1C(=O)c2ccccc2C1=O)C(=O)O. The number of carbonyl (C=O) groups is 3. The van der Waals surface area contributed by atoms with E-state index in [1.54, 1.807) is 31.2 Å². The number of amides is 2. The second-order valence-electron chi connectivity index (χ2n) is 4.21. The smallest absolute Gasteiger partial charge is 0.308 e. The highest BCUT2D eigenvalue weighted by Crippen LogP contribution is 2.23. The lowest BCUT2D eigenvalue weighted by Crippen LogP contribution is -2.37. The van der Waals surface area contributed by atoms with Crippen LogP contribution in [0.15, 0.2) is 24.3 Å². The van der Waals surface area contributed by atoms with Gasteiger partial charge in [-0.25, -0.2) is 0 Å². The van der Waals surface area contributed by atoms with Crippen LogP contribution in [-0.4, -0.2) is 34.3 Å². The molecule has 1 heterocycles. The molecule has 0 bridgehead atoms. The quantitative estimate of drug-likeness (QED) is 0.816. The summed E-state index contributed by atoms with van der Waals surface area (Å²) in [6, 6.07) is 6.53. The summed E-state index contributed by atoms with van der Waals surface area (Å²) in [6.45, 7) is 1.65. The molecular weight excluding hydrogens is 234 g/mol. The van der Waals surface area contributed by atoms with Gasteiger partial charge in [0, 0.05) is 6.54 Å². The van der Waals surface area contributed by atoms with Gasteiger partial charge in [-0.3, -0.25) is 19.3 Å². The first-order chi connectivity index (χ1) is 8.56. The Morgan fingerprint density at radius 1 is 1.22 bits per heavy atom. The van der Waals surface area contributed by atoms with Gasteiger partial charge >= 0.3 is 5.97 Å². The number of carboxylic acid groups (broad SMARTS) is 1. The number of fused-ring (bicyclic) bond motifs is 1. The fourth-order valence-electron chi connectivity index (χ4n) is 2.01. The van der Waals surface area contributed by atoms with Crippen molar-refractivity contribution >= 4 is 17.8 Å². The van der Waals surface area contributed by atoms with Crippen LogP contribution in [0, 0.1) is 5.92 Å². The Morgan fingerprint density at radius 3 is 2.11 bits per heavy atom. The molecule has 0 aliphatic carbocycles. The van der Waals surface area contributed by atoms with Crippen molar-refractivity contribution in [1.29, 1.82) is 0 Å². The molecule has 5 heteroatoms. The second kappa shape index (κ2) is 4.60. The lowest BCUT2D eigenvalue weighted by Gasteiger charge is -2.18. The Bertz CT molecular complexity index is 488. The number of carbonyl (C=O) groups excluding carboxylic acids is 2. The highest BCUT2D eigenvalue weighted by atomic mass is 16.4. The Kier molecular flexibility index (Phi) is 3.14. The molecule has 0 saturated carbocycles. The molecule has 0 saturated heterocycles. The zero-order valence-corrected chi connectivity index (χ0v) is 9.92. The molecule has 2 amide bonds. The van der Waals surface area contributed by atoms with Crippen molar-refractivity contribution in [3.05, 3.63) is 35.4 Å². The van der Waals surface area contributed by atoms with E-state index in [2.05, 4.69) is 0 Å². The molecule has 1 aromatic rings. The zero-order valence-electron chi connectivity index (χ0n) is 9.92. The van der Waals surface area contributed by atoms with Gasteiger partial charge in [0.15, 0.2) is 0 Å². The Morgan fingerprint density at radius 2 is 1.72 bits per heavy atom. The number of aliphatic carboxylic acids is 1. The molecule has 0 radical (unpaired) electrons. The van der Waals surface area contributed by atoms with Crippen LogP contribution in [0.25, 0.3) is 0 Å². The Labute approximate surface area is 104 Å². The van der Waals surface area contributed by atoms with Crippen LogP contribution in [0.3, 0.4) is 0 Å². The van der Waals surface area contributed by atoms with Crippen molar-refractivity contribution in [2.75, 3.05) is 6.54 Å². The molecule has 0 fully saturated rings. The van der Waals surface area contributed by atoms with Gasteiger partial charge < -0.3 is 5.11 Å². The summed E-state index contributed by atoms with van der Waals surface area (Å²) in [5, 5.41) is 8.97. The predicted molar refractivity (Wildman–Crippen MR) is 63.2 cm³/mol. The van der Waals surface area contributed by atoms with E-state index < -0.39 is 23.7 Å². The molecule has 1 atom stereocenters. The van der Waals surface area contributed by atoms with Gasteiger partial charge in [0.1, 0.15) is 0 Å². The van der Waals surface area contributed by atoms with Crippen molar-refractivity contribution < 1.29 is 19.5 Å². The fraction of sp³-hybridized carbons (Fsp3) is 0.308. The minimum absolute atomic E-state index is 0.0712. The molecule has 2 rings (SSSR count). The molecule has 1 N–H and O–H groups in total. The topological polar surface area (TPSA) is 74.7 Å². The van der Waals surface area contributed by atoms with Crippen LogP contribution in [-0.2, 0) is 4.79 Å². The molecule has 94 valence electrons. The molecule has 0 spiro atoms. The highest BCUT2D eigenvalue weighted by Gasteiger charge is 2.37. The molecule has 5 nitrogen and oxygen atoms in total. The maximum Gasteiger partial charge on any atom is 0.308 e. The van der Waals surface area contributed by atoms with Crippen LogP contribution in [0.4, 0.5) is 0 Å². The fourth-order valence-corrected chi connectivity index (χ4v) is 2.01. The first-order valence-corrected chi connectivity index (χ1v) is 5.74. The molecule has 0 aromatic heterocycles. The van der Waals surface area contributed by atoms with Crippen LogP contribution in [0.2, 0.25) is 0 Å². The molecular formula is C13H13NO4. The van der Waals surface area contributed by atoms with Crippen LogP contribution in [0.5, 0.6) is 0 Å². The number of nitrogens with zero attached hydrogens (tertiary/aromatic N) is 1. The summed E-state index contributed by atoms with van der Waals surface area (Å²) in [6.07, 6.45) is 0.378. The Balaban J connectivity index is 2.26. The van der Waals surface area contributed by atoms with Crippen molar-refractivity contribution in [2.24, 2.45) is 5.92 Å². The maximum atomic E-state index is 12.0. The van der Waals surface area contributed by atoms with Gasteiger partial charge in [-0.05, 0) is 18.6 Å². The monoisotopic (exact) mass is 247 g/mol. The second-order valence-corrected chi connectivity index (χ2v) is 4.21. The number of carboxylic acids is 1. The van der Waals surface area contributed by atoms with E-state index in [0.29, 0.717) is 17.5 Å². The first-order valence-electron chi connectivity index (χ1n) is 5.74. The van der Waals surface area contributed by atoms with Gasteiger partial charge in [0.2, 0.25) is 0 Å². The van der Waals surface area contributed by atoms with E-state index in [1.165, 1.54) is 0 Å². The minimum Gasteiger partial charge on any atom is -0.481 e. The first kappa shape index (κ1) is 12.3.